The van der Waals surface area contributed by atoms with E-state index < -0.39 is 0 Å². The third-order valence-electron chi connectivity index (χ3n) is 4.53. The Hall–Kier alpha value is -2.67. The predicted octanol–water partition coefficient (Wildman–Crippen LogP) is 2.78. The number of aromatic nitrogens is 1. The van der Waals surface area contributed by atoms with Gasteiger partial charge in [-0.05, 0) is 11.6 Å². The number of benzene rings is 1. The van der Waals surface area contributed by atoms with Gasteiger partial charge in [0.1, 0.15) is 11.5 Å². The SMILES string of the molecule is COc1cc(N2CCN(C(=O)NCc3cccnc3)CC2)c(OC)cc1Cl. The molecule has 1 N–H and O–H groups in total. The summed E-state index contributed by atoms with van der Waals surface area (Å²) < 4.78 is 10.8. The summed E-state index contributed by atoms with van der Waals surface area (Å²) in [5, 5.41) is 3.44. The van der Waals surface area contributed by atoms with Gasteiger partial charge in [0.05, 0.1) is 24.9 Å². The largest absolute Gasteiger partial charge is 0.495 e. The Morgan fingerprint density at radius 2 is 1.93 bits per heavy atom. The van der Waals surface area contributed by atoms with Crippen molar-refractivity contribution in [3.63, 3.8) is 0 Å². The highest BCUT2D eigenvalue weighted by atomic mass is 35.5. The average molecular weight is 391 g/mol. The molecule has 0 aliphatic carbocycles. The first-order valence-electron chi connectivity index (χ1n) is 8.70. The predicted molar refractivity (Wildman–Crippen MR) is 105 cm³/mol. The van der Waals surface area contributed by atoms with Gasteiger partial charge in [0.25, 0.3) is 0 Å². The number of carbonyl (C=O) groups excluding carboxylic acids is 1. The average Bonchev–Trinajstić information content (AvgIpc) is 2.72. The molecule has 3 rings (SSSR count). The van der Waals surface area contributed by atoms with Crippen molar-refractivity contribution in [2.75, 3.05) is 45.3 Å². The number of rotatable bonds is 5. The van der Waals surface area contributed by atoms with Crippen LogP contribution in [0.5, 0.6) is 11.5 Å². The molecule has 2 amide bonds. The summed E-state index contributed by atoms with van der Waals surface area (Å²) in [5.41, 5.74) is 1.89. The molecule has 0 saturated carbocycles. The van der Waals surface area contributed by atoms with Crippen LogP contribution in [0.25, 0.3) is 0 Å². The normalized spacial score (nSPS) is 14.0. The molecule has 0 unspecified atom stereocenters. The number of nitrogens with zero attached hydrogens (tertiary/aromatic N) is 3. The summed E-state index contributed by atoms with van der Waals surface area (Å²) in [5.74, 6) is 1.29. The van der Waals surface area contributed by atoms with Crippen molar-refractivity contribution in [2.24, 2.45) is 0 Å². The number of methoxy groups -OCH3 is 2. The lowest BCUT2D eigenvalue weighted by Crippen LogP contribution is -2.51. The van der Waals surface area contributed by atoms with Crippen molar-refractivity contribution in [3.8, 4) is 11.5 Å². The van der Waals surface area contributed by atoms with Crippen molar-refractivity contribution in [1.82, 2.24) is 15.2 Å². The van der Waals surface area contributed by atoms with Crippen LogP contribution >= 0.6 is 11.6 Å². The van der Waals surface area contributed by atoms with Gasteiger partial charge in [-0.25, -0.2) is 4.79 Å². The maximum absolute atomic E-state index is 12.4. The molecule has 1 saturated heterocycles. The van der Waals surface area contributed by atoms with E-state index in [0.717, 1.165) is 11.3 Å². The Morgan fingerprint density at radius 3 is 2.56 bits per heavy atom. The molecule has 144 valence electrons. The van der Waals surface area contributed by atoms with Crippen LogP contribution < -0.4 is 19.7 Å². The lowest BCUT2D eigenvalue weighted by Gasteiger charge is -2.36. The molecular weight excluding hydrogens is 368 g/mol. The Balaban J connectivity index is 1.59. The molecule has 0 radical (unpaired) electrons. The summed E-state index contributed by atoms with van der Waals surface area (Å²) in [4.78, 5) is 20.4. The number of ether oxygens (including phenoxy) is 2. The molecule has 2 heterocycles. The smallest absolute Gasteiger partial charge is 0.317 e. The van der Waals surface area contributed by atoms with Gasteiger partial charge >= 0.3 is 6.03 Å². The van der Waals surface area contributed by atoms with Crippen molar-refractivity contribution >= 4 is 23.3 Å². The monoisotopic (exact) mass is 390 g/mol. The van der Waals surface area contributed by atoms with Gasteiger partial charge in [-0.1, -0.05) is 17.7 Å². The number of halogens is 1. The van der Waals surface area contributed by atoms with Crippen molar-refractivity contribution in [2.45, 2.75) is 6.54 Å². The molecule has 1 aliphatic heterocycles. The van der Waals surface area contributed by atoms with Crippen molar-refractivity contribution in [3.05, 3.63) is 47.2 Å². The molecule has 1 aliphatic rings. The minimum atomic E-state index is -0.0702. The molecule has 0 spiro atoms. The molecule has 7 nitrogen and oxygen atoms in total. The lowest BCUT2D eigenvalue weighted by atomic mass is 10.2. The molecule has 27 heavy (non-hydrogen) atoms. The molecule has 8 heteroatoms. The number of hydrogen-bond donors (Lipinski definition) is 1. The highest BCUT2D eigenvalue weighted by molar-refractivity contribution is 6.32. The number of piperazine rings is 1. The lowest BCUT2D eigenvalue weighted by molar-refractivity contribution is 0.194. The van der Waals surface area contributed by atoms with Crippen LogP contribution in [0.4, 0.5) is 10.5 Å². The van der Waals surface area contributed by atoms with E-state index in [-0.39, 0.29) is 6.03 Å². The fraction of sp³-hybridized carbons (Fsp3) is 0.368. The first kappa shape index (κ1) is 19.1. The van der Waals surface area contributed by atoms with E-state index in [2.05, 4.69) is 15.2 Å². The maximum atomic E-state index is 12.4. The standard InChI is InChI=1S/C19H23ClN4O3/c1-26-17-11-16(18(27-2)10-15(17)20)23-6-8-24(9-7-23)19(25)22-13-14-4-3-5-21-12-14/h3-5,10-12H,6-9,13H2,1-2H3,(H,22,25). The summed E-state index contributed by atoms with van der Waals surface area (Å²) in [6, 6.07) is 7.35. The first-order valence-corrected chi connectivity index (χ1v) is 9.08. The molecule has 1 aromatic carbocycles. The quantitative estimate of drug-likeness (QED) is 0.850. The highest BCUT2D eigenvalue weighted by Gasteiger charge is 2.24. The van der Waals surface area contributed by atoms with Gasteiger partial charge in [-0.2, -0.15) is 0 Å². The van der Waals surface area contributed by atoms with Crippen molar-refractivity contribution in [1.29, 1.82) is 0 Å². The first-order chi connectivity index (χ1) is 13.1. The Bertz CT molecular complexity index is 780. The number of anilines is 1. The van der Waals surface area contributed by atoms with Gasteiger partial charge in [0.15, 0.2) is 0 Å². The van der Waals surface area contributed by atoms with Gasteiger partial charge in [-0.3, -0.25) is 4.98 Å². The number of nitrogens with one attached hydrogen (secondary N) is 1. The zero-order chi connectivity index (χ0) is 19.2. The molecule has 0 bridgehead atoms. The van der Waals surface area contributed by atoms with E-state index in [1.54, 1.807) is 32.7 Å². The molecule has 1 aromatic heterocycles. The van der Waals surface area contributed by atoms with Crippen LogP contribution in [-0.2, 0) is 6.54 Å². The number of urea groups is 1. The van der Waals surface area contributed by atoms with Crippen molar-refractivity contribution < 1.29 is 14.3 Å². The fourth-order valence-corrected chi connectivity index (χ4v) is 3.26. The second-order valence-electron chi connectivity index (χ2n) is 6.15. The zero-order valence-electron chi connectivity index (χ0n) is 15.4. The Kier molecular flexibility index (Phi) is 6.24. The summed E-state index contributed by atoms with van der Waals surface area (Å²) in [6.45, 7) is 3.10. The number of amides is 2. The Morgan fingerprint density at radius 1 is 1.19 bits per heavy atom. The molecular formula is C19H23ClN4O3. The van der Waals surface area contributed by atoms with E-state index >= 15 is 0 Å². The van der Waals surface area contributed by atoms with E-state index in [9.17, 15) is 4.79 Å². The van der Waals surface area contributed by atoms with E-state index in [4.69, 9.17) is 21.1 Å². The summed E-state index contributed by atoms with van der Waals surface area (Å²) >= 11 is 6.18. The van der Waals surface area contributed by atoms with Gasteiger partial charge in [0, 0.05) is 57.3 Å². The minimum absolute atomic E-state index is 0.0702. The molecule has 1 fully saturated rings. The Labute approximate surface area is 163 Å². The van der Waals surface area contributed by atoms with E-state index in [1.165, 1.54) is 0 Å². The van der Waals surface area contributed by atoms with Gasteiger partial charge in [-0.15, -0.1) is 0 Å². The molecule has 0 atom stereocenters. The maximum Gasteiger partial charge on any atom is 0.317 e. The van der Waals surface area contributed by atoms with Crippen LogP contribution in [0.3, 0.4) is 0 Å². The second-order valence-corrected chi connectivity index (χ2v) is 6.56. The van der Waals surface area contributed by atoms with Crippen LogP contribution in [-0.4, -0.2) is 56.3 Å². The van der Waals surface area contributed by atoms with Crippen LogP contribution in [0.1, 0.15) is 5.56 Å². The van der Waals surface area contributed by atoms with Crippen LogP contribution in [0.2, 0.25) is 5.02 Å². The fourth-order valence-electron chi connectivity index (χ4n) is 3.03. The van der Waals surface area contributed by atoms with Gasteiger partial charge < -0.3 is 24.6 Å². The highest BCUT2D eigenvalue weighted by Crippen LogP contribution is 2.38. The van der Waals surface area contributed by atoms with E-state index in [0.29, 0.717) is 49.2 Å². The van der Waals surface area contributed by atoms with Gasteiger partial charge in [0.2, 0.25) is 0 Å². The van der Waals surface area contributed by atoms with Crippen LogP contribution in [0, 0.1) is 0 Å². The third kappa shape index (κ3) is 4.54. The number of pyridine rings is 1. The number of hydrogen-bond acceptors (Lipinski definition) is 5. The molecule has 2 aromatic rings. The second kappa shape index (κ2) is 8.81. The minimum Gasteiger partial charge on any atom is -0.495 e. The summed E-state index contributed by atoms with van der Waals surface area (Å²) in [7, 11) is 3.20. The topological polar surface area (TPSA) is 66.9 Å². The third-order valence-corrected chi connectivity index (χ3v) is 4.82. The van der Waals surface area contributed by atoms with Crippen LogP contribution in [0.15, 0.2) is 36.7 Å². The zero-order valence-corrected chi connectivity index (χ0v) is 16.2. The summed E-state index contributed by atoms with van der Waals surface area (Å²) in [6.07, 6.45) is 3.46. The number of carbonyl (C=O) groups is 1. The van der Waals surface area contributed by atoms with E-state index in [1.807, 2.05) is 23.1 Å².